The van der Waals surface area contributed by atoms with E-state index in [0.29, 0.717) is 29.6 Å². The van der Waals surface area contributed by atoms with Crippen LogP contribution in [0.1, 0.15) is 44.4 Å². The summed E-state index contributed by atoms with van der Waals surface area (Å²) >= 11 is 14.2. The number of carbonyl (C=O) groups excluding carboxylic acids is 1. The predicted molar refractivity (Wildman–Crippen MR) is 128 cm³/mol. The molecule has 2 aromatic rings. The third-order valence-corrected chi connectivity index (χ3v) is 6.65. The molecule has 1 atom stereocenters. The number of benzene rings is 2. The summed E-state index contributed by atoms with van der Waals surface area (Å²) in [6.45, 7) is 8.60. The van der Waals surface area contributed by atoms with Gasteiger partial charge in [0.2, 0.25) is 0 Å². The Morgan fingerprint density at radius 3 is 2.48 bits per heavy atom. The van der Waals surface area contributed by atoms with E-state index >= 15 is 0 Å². The van der Waals surface area contributed by atoms with Crippen LogP contribution in [0.25, 0.3) is 0 Å². The average molecular weight is 482 g/mol. The Morgan fingerprint density at radius 2 is 1.84 bits per heavy atom. The lowest BCUT2D eigenvalue weighted by Crippen LogP contribution is -2.39. The monoisotopic (exact) mass is 481 g/mol. The molecule has 7 heteroatoms. The highest BCUT2D eigenvalue weighted by Gasteiger charge is 2.23. The van der Waals surface area contributed by atoms with E-state index in [1.807, 2.05) is 39.0 Å². The molecule has 1 aliphatic heterocycles. The molecule has 1 aliphatic rings. The van der Waals surface area contributed by atoms with Crippen molar-refractivity contribution in [2.45, 2.75) is 49.5 Å². The number of thioether (sulfide) groups is 1. The first kappa shape index (κ1) is 24.4. The van der Waals surface area contributed by atoms with E-state index in [4.69, 9.17) is 32.7 Å². The molecule has 3 rings (SSSR count). The summed E-state index contributed by atoms with van der Waals surface area (Å²) in [5.74, 6) is 0.562. The number of hydrogen-bond acceptors (Lipinski definition) is 5. The van der Waals surface area contributed by atoms with Crippen LogP contribution in [-0.4, -0.2) is 42.7 Å². The van der Waals surface area contributed by atoms with Crippen molar-refractivity contribution in [3.05, 3.63) is 63.6 Å². The fraction of sp³-hybridized carbons (Fsp3) is 0.458. The summed E-state index contributed by atoms with van der Waals surface area (Å²) in [5, 5.41) is 1.39. The number of hydrogen-bond donors (Lipinski definition) is 0. The fourth-order valence-electron chi connectivity index (χ4n) is 3.35. The van der Waals surface area contributed by atoms with Crippen LogP contribution in [-0.2, 0) is 20.0 Å². The number of halogens is 2. The van der Waals surface area contributed by atoms with Crippen molar-refractivity contribution in [1.82, 2.24) is 4.90 Å². The lowest BCUT2D eigenvalue weighted by Gasteiger charge is -2.33. The zero-order chi connectivity index (χ0) is 22.4. The average Bonchev–Trinajstić information content (AvgIpc) is 2.71. The molecule has 0 spiro atoms. The Kier molecular flexibility index (Phi) is 8.71. The van der Waals surface area contributed by atoms with Crippen LogP contribution in [0, 0.1) is 0 Å². The van der Waals surface area contributed by atoms with Crippen molar-refractivity contribution in [3.63, 3.8) is 0 Å². The van der Waals surface area contributed by atoms with Crippen LogP contribution >= 0.6 is 35.0 Å². The second-order valence-electron chi connectivity index (χ2n) is 8.55. The van der Waals surface area contributed by atoms with Gasteiger partial charge >= 0.3 is 5.97 Å². The maximum Gasteiger partial charge on any atom is 0.307 e. The standard InChI is InChI=1S/C24H29Cl2NO3S/c1-24(2,3)30-23(28)11-12-27-13-14-29-22(15-27)17-7-9-18(10-8-17)31-16-19-20(25)5-4-6-21(19)26/h4-10,22H,11-16H2,1-3H3. The number of carbonyl (C=O) groups is 1. The molecule has 4 nitrogen and oxygen atoms in total. The van der Waals surface area contributed by atoms with Crippen LogP contribution in [0.4, 0.5) is 0 Å². The van der Waals surface area contributed by atoms with Crippen molar-refractivity contribution in [2.24, 2.45) is 0 Å². The maximum absolute atomic E-state index is 12.0. The van der Waals surface area contributed by atoms with Crippen molar-refractivity contribution in [1.29, 1.82) is 0 Å². The van der Waals surface area contributed by atoms with Gasteiger partial charge in [0.15, 0.2) is 0 Å². The smallest absolute Gasteiger partial charge is 0.307 e. The largest absolute Gasteiger partial charge is 0.460 e. The molecular formula is C24H29Cl2NO3S. The molecule has 0 N–H and O–H groups in total. The Morgan fingerprint density at radius 1 is 1.16 bits per heavy atom. The molecule has 1 unspecified atom stereocenters. The zero-order valence-electron chi connectivity index (χ0n) is 18.2. The van der Waals surface area contributed by atoms with Crippen LogP contribution in [0.5, 0.6) is 0 Å². The zero-order valence-corrected chi connectivity index (χ0v) is 20.5. The topological polar surface area (TPSA) is 38.8 Å². The highest BCUT2D eigenvalue weighted by atomic mass is 35.5. The summed E-state index contributed by atoms with van der Waals surface area (Å²) in [7, 11) is 0. The van der Waals surface area contributed by atoms with E-state index in [0.717, 1.165) is 34.9 Å². The van der Waals surface area contributed by atoms with Crippen molar-refractivity contribution in [2.75, 3.05) is 26.2 Å². The van der Waals surface area contributed by atoms with Gasteiger partial charge in [0, 0.05) is 40.3 Å². The van der Waals surface area contributed by atoms with Gasteiger partial charge in [-0.05, 0) is 56.2 Å². The van der Waals surface area contributed by atoms with Gasteiger partial charge < -0.3 is 9.47 Å². The summed E-state index contributed by atoms with van der Waals surface area (Å²) in [4.78, 5) is 15.4. The number of rotatable bonds is 7. The first-order valence-electron chi connectivity index (χ1n) is 10.4. The van der Waals surface area contributed by atoms with Crippen LogP contribution in [0.15, 0.2) is 47.4 Å². The summed E-state index contributed by atoms with van der Waals surface area (Å²) < 4.78 is 11.4. The number of ether oxygens (including phenoxy) is 2. The lowest BCUT2D eigenvalue weighted by molar-refractivity contribution is -0.155. The van der Waals surface area contributed by atoms with E-state index in [2.05, 4.69) is 29.2 Å². The Labute approximate surface area is 199 Å². The minimum absolute atomic E-state index is 0.00412. The van der Waals surface area contributed by atoms with Gasteiger partial charge in [-0.15, -0.1) is 11.8 Å². The van der Waals surface area contributed by atoms with E-state index < -0.39 is 5.60 Å². The quantitative estimate of drug-likeness (QED) is 0.338. The fourth-order valence-corrected chi connectivity index (χ4v) is 4.99. The SMILES string of the molecule is CC(C)(C)OC(=O)CCN1CCOC(c2ccc(SCc3c(Cl)cccc3Cl)cc2)C1. The first-order valence-corrected chi connectivity index (χ1v) is 12.2. The molecule has 168 valence electrons. The second kappa shape index (κ2) is 11.1. The Hall–Kier alpha value is -1.24. The molecule has 1 saturated heterocycles. The molecular weight excluding hydrogens is 453 g/mol. The summed E-state index contributed by atoms with van der Waals surface area (Å²) in [5.41, 5.74) is 1.65. The van der Waals surface area contributed by atoms with Crippen LogP contribution in [0.3, 0.4) is 0 Å². The molecule has 0 radical (unpaired) electrons. The van der Waals surface area contributed by atoms with Gasteiger partial charge in [-0.3, -0.25) is 9.69 Å². The third kappa shape index (κ3) is 7.69. The molecule has 0 amide bonds. The highest BCUT2D eigenvalue weighted by Crippen LogP contribution is 2.32. The summed E-state index contributed by atoms with van der Waals surface area (Å²) in [6.07, 6.45) is 0.397. The first-order chi connectivity index (χ1) is 14.7. The highest BCUT2D eigenvalue weighted by molar-refractivity contribution is 7.98. The van der Waals surface area contributed by atoms with E-state index in [1.54, 1.807) is 11.8 Å². The number of nitrogens with zero attached hydrogens (tertiary/aromatic N) is 1. The van der Waals surface area contributed by atoms with Gasteiger partial charge in [0.1, 0.15) is 5.60 Å². The van der Waals surface area contributed by atoms with Crippen molar-refractivity contribution < 1.29 is 14.3 Å². The minimum Gasteiger partial charge on any atom is -0.460 e. The molecule has 0 saturated carbocycles. The van der Waals surface area contributed by atoms with Crippen LogP contribution in [0.2, 0.25) is 10.0 Å². The van der Waals surface area contributed by atoms with Gasteiger partial charge in [0.05, 0.1) is 19.1 Å². The summed E-state index contributed by atoms with van der Waals surface area (Å²) in [6, 6.07) is 14.0. The van der Waals surface area contributed by atoms with Crippen LogP contribution < -0.4 is 0 Å². The molecule has 31 heavy (non-hydrogen) atoms. The van der Waals surface area contributed by atoms with Gasteiger partial charge in [-0.1, -0.05) is 41.4 Å². The molecule has 1 heterocycles. The van der Waals surface area contributed by atoms with Gasteiger partial charge in [0.25, 0.3) is 0 Å². The van der Waals surface area contributed by atoms with Crippen molar-refractivity contribution >= 4 is 40.9 Å². The predicted octanol–water partition coefficient (Wildman–Crippen LogP) is 6.39. The van der Waals surface area contributed by atoms with Gasteiger partial charge in [-0.2, -0.15) is 0 Å². The Balaban J connectivity index is 1.51. The number of morpholine rings is 1. The molecule has 0 aromatic heterocycles. The molecule has 0 bridgehead atoms. The lowest BCUT2D eigenvalue weighted by atomic mass is 10.1. The number of esters is 1. The van der Waals surface area contributed by atoms with Gasteiger partial charge in [-0.25, -0.2) is 0 Å². The van der Waals surface area contributed by atoms with E-state index in [1.165, 1.54) is 0 Å². The molecule has 2 aromatic carbocycles. The Bertz CT molecular complexity index is 863. The molecule has 1 fully saturated rings. The minimum atomic E-state index is -0.443. The second-order valence-corrected chi connectivity index (χ2v) is 10.4. The van der Waals surface area contributed by atoms with E-state index in [9.17, 15) is 4.79 Å². The van der Waals surface area contributed by atoms with E-state index in [-0.39, 0.29) is 12.1 Å². The normalized spacial score (nSPS) is 17.5. The van der Waals surface area contributed by atoms with Crippen molar-refractivity contribution in [3.8, 4) is 0 Å². The maximum atomic E-state index is 12.0. The molecule has 0 aliphatic carbocycles. The third-order valence-electron chi connectivity index (χ3n) is 4.90.